The van der Waals surface area contributed by atoms with Crippen LogP contribution in [0.15, 0.2) is 89.8 Å². The number of amides is 3. The Kier molecular flexibility index (Phi) is 18.3. The minimum absolute atomic E-state index is 0. The standard InChI is InChI=1S/C37H49N5O8S.ClH/c1-27-18-20-30(21-19-27)51(47,48)37(39,22-10-11-23-38)35(45)42-32(25-28-13-5-3-6-14-28)33(43)41-31(34(44)49-2)17-9-12-24-40-36(46)50-26-29-15-7-4-8-16-29;/h3-8,13-16,18-21,31-32H,9-12,17,22-26,38-39H2,1-2H3,(H,40,46)(H,41,43)(H,42,45);1H/t31-,32-,37-;/m0./s1. The van der Waals surface area contributed by atoms with Crippen LogP contribution in [0.1, 0.15) is 55.2 Å². The number of aryl methyl sites for hydroxylation is 1. The van der Waals surface area contributed by atoms with E-state index in [-0.39, 0.29) is 62.7 Å². The first-order valence-corrected chi connectivity index (χ1v) is 18.4. The fourth-order valence-electron chi connectivity index (χ4n) is 5.27. The summed E-state index contributed by atoms with van der Waals surface area (Å²) in [5.74, 6) is -2.50. The Morgan fingerprint density at radius 3 is 2.02 bits per heavy atom. The first-order chi connectivity index (χ1) is 24.4. The third-order valence-electron chi connectivity index (χ3n) is 8.31. The van der Waals surface area contributed by atoms with Crippen molar-refractivity contribution in [1.82, 2.24) is 16.0 Å². The molecule has 0 saturated carbocycles. The lowest BCUT2D eigenvalue weighted by atomic mass is 10.0. The van der Waals surface area contributed by atoms with Gasteiger partial charge in [0.05, 0.1) is 12.0 Å². The first kappa shape index (κ1) is 43.7. The van der Waals surface area contributed by atoms with Crippen LogP contribution in [0.2, 0.25) is 0 Å². The highest BCUT2D eigenvalue weighted by atomic mass is 35.5. The number of rotatable bonds is 20. The Morgan fingerprint density at radius 2 is 1.42 bits per heavy atom. The predicted molar refractivity (Wildman–Crippen MR) is 200 cm³/mol. The van der Waals surface area contributed by atoms with Gasteiger partial charge in [0, 0.05) is 13.0 Å². The third-order valence-corrected chi connectivity index (χ3v) is 10.5. The van der Waals surface area contributed by atoms with Crippen molar-refractivity contribution < 1.29 is 37.1 Å². The maximum absolute atomic E-state index is 14.0. The number of hydrogen-bond donors (Lipinski definition) is 5. The number of carbonyl (C=O) groups is 4. The summed E-state index contributed by atoms with van der Waals surface area (Å²) in [4.78, 5) is 50.1. The van der Waals surface area contributed by atoms with Gasteiger partial charge < -0.3 is 36.9 Å². The Morgan fingerprint density at radius 1 is 0.808 bits per heavy atom. The lowest BCUT2D eigenvalue weighted by Gasteiger charge is -2.31. The number of esters is 1. The highest BCUT2D eigenvalue weighted by molar-refractivity contribution is 7.93. The molecule has 0 aliphatic carbocycles. The van der Waals surface area contributed by atoms with Crippen LogP contribution in [0.25, 0.3) is 0 Å². The lowest BCUT2D eigenvalue weighted by molar-refractivity contribution is -0.145. The number of unbranched alkanes of at least 4 members (excludes halogenated alkanes) is 2. The lowest BCUT2D eigenvalue weighted by Crippen LogP contribution is -2.63. The molecule has 0 aromatic heterocycles. The van der Waals surface area contributed by atoms with E-state index in [1.807, 2.05) is 30.3 Å². The highest BCUT2D eigenvalue weighted by Crippen LogP contribution is 2.28. The summed E-state index contributed by atoms with van der Waals surface area (Å²) in [6.45, 7) is 2.46. The van der Waals surface area contributed by atoms with Gasteiger partial charge in [-0.15, -0.1) is 12.4 Å². The maximum Gasteiger partial charge on any atom is 0.407 e. The molecule has 15 heteroatoms. The van der Waals surface area contributed by atoms with Gasteiger partial charge in [0.25, 0.3) is 5.91 Å². The molecule has 3 rings (SSSR count). The second-order valence-corrected chi connectivity index (χ2v) is 14.4. The Bertz CT molecular complexity index is 1680. The number of carbonyl (C=O) groups excluding carboxylic acids is 4. The van der Waals surface area contributed by atoms with Crippen LogP contribution in [0.5, 0.6) is 0 Å². The van der Waals surface area contributed by atoms with Gasteiger partial charge in [-0.05, 0) is 75.3 Å². The minimum atomic E-state index is -4.44. The molecule has 7 N–H and O–H groups in total. The molecule has 0 unspecified atom stereocenters. The molecule has 284 valence electrons. The number of halogens is 1. The summed E-state index contributed by atoms with van der Waals surface area (Å²) < 4.78 is 38.0. The number of nitrogens with one attached hydrogen (secondary N) is 3. The SMILES string of the molecule is COC(=O)[C@H](CCCCNC(=O)OCc1ccccc1)NC(=O)[C@H](Cc1ccccc1)NC(=O)[C@](N)(CCCCN)S(=O)(=O)c1ccc(C)cc1.Cl. The van der Waals surface area contributed by atoms with E-state index < -0.39 is 50.7 Å². The summed E-state index contributed by atoms with van der Waals surface area (Å²) >= 11 is 0. The molecule has 3 atom stereocenters. The third kappa shape index (κ3) is 12.9. The van der Waals surface area contributed by atoms with Crippen molar-refractivity contribution in [3.05, 3.63) is 102 Å². The zero-order chi connectivity index (χ0) is 37.3. The summed E-state index contributed by atoms with van der Waals surface area (Å²) in [6, 6.07) is 21.7. The molecule has 52 heavy (non-hydrogen) atoms. The van der Waals surface area contributed by atoms with Crippen LogP contribution in [0.3, 0.4) is 0 Å². The fraction of sp³-hybridized carbons (Fsp3) is 0.405. The molecule has 0 saturated heterocycles. The van der Waals surface area contributed by atoms with Gasteiger partial charge in [0.15, 0.2) is 0 Å². The van der Waals surface area contributed by atoms with Gasteiger partial charge in [-0.25, -0.2) is 18.0 Å². The Balaban J connectivity index is 0.00000936. The quantitative estimate of drug-likeness (QED) is 0.0837. The van der Waals surface area contributed by atoms with Gasteiger partial charge in [-0.1, -0.05) is 78.4 Å². The average Bonchev–Trinajstić information content (AvgIpc) is 3.13. The van der Waals surface area contributed by atoms with Crippen LogP contribution in [0, 0.1) is 6.92 Å². The van der Waals surface area contributed by atoms with Crippen LogP contribution in [-0.2, 0) is 46.7 Å². The molecule has 0 fully saturated rings. The second kappa shape index (κ2) is 21.8. The van der Waals surface area contributed by atoms with Gasteiger partial charge in [-0.2, -0.15) is 0 Å². The molecule has 3 aromatic carbocycles. The summed E-state index contributed by atoms with van der Waals surface area (Å²) in [5, 5.41) is 7.92. The predicted octanol–water partition coefficient (Wildman–Crippen LogP) is 3.46. The van der Waals surface area contributed by atoms with Gasteiger partial charge in [0.1, 0.15) is 18.7 Å². The minimum Gasteiger partial charge on any atom is -0.467 e. The van der Waals surface area contributed by atoms with E-state index in [2.05, 4.69) is 16.0 Å². The highest BCUT2D eigenvalue weighted by Gasteiger charge is 2.48. The van der Waals surface area contributed by atoms with Crippen molar-refractivity contribution in [3.63, 3.8) is 0 Å². The van der Waals surface area contributed by atoms with Crippen molar-refractivity contribution in [2.24, 2.45) is 11.5 Å². The van der Waals surface area contributed by atoms with E-state index in [9.17, 15) is 27.6 Å². The molecule has 0 heterocycles. The first-order valence-electron chi connectivity index (χ1n) is 16.9. The van der Waals surface area contributed by atoms with Crippen LogP contribution >= 0.6 is 12.4 Å². The molecule has 3 amide bonds. The molecular formula is C37H50ClN5O8S. The van der Waals surface area contributed by atoms with Crippen LogP contribution < -0.4 is 27.4 Å². The average molecular weight is 760 g/mol. The van der Waals surface area contributed by atoms with Crippen molar-refractivity contribution in [2.75, 3.05) is 20.2 Å². The van der Waals surface area contributed by atoms with Gasteiger partial charge in [-0.3, -0.25) is 9.59 Å². The van der Waals surface area contributed by atoms with Gasteiger partial charge in [0.2, 0.25) is 20.6 Å². The van der Waals surface area contributed by atoms with E-state index in [0.717, 1.165) is 11.1 Å². The monoisotopic (exact) mass is 759 g/mol. The maximum atomic E-state index is 14.0. The summed E-state index contributed by atoms with van der Waals surface area (Å²) in [5.41, 5.74) is 14.5. The zero-order valence-electron chi connectivity index (χ0n) is 29.5. The van der Waals surface area contributed by atoms with E-state index in [1.165, 1.54) is 19.2 Å². The summed E-state index contributed by atoms with van der Waals surface area (Å²) in [6.07, 6.45) is 0.849. The van der Waals surface area contributed by atoms with Gasteiger partial charge >= 0.3 is 12.1 Å². The molecule has 0 aliphatic heterocycles. The zero-order valence-corrected chi connectivity index (χ0v) is 31.2. The molecular weight excluding hydrogens is 710 g/mol. The number of methoxy groups -OCH3 is 1. The molecule has 0 aliphatic rings. The second-order valence-electron chi connectivity index (χ2n) is 12.2. The smallest absolute Gasteiger partial charge is 0.407 e. The normalized spacial score (nSPS) is 13.3. The van der Waals surface area contributed by atoms with Crippen molar-refractivity contribution in [3.8, 4) is 0 Å². The Labute approximate surface area is 311 Å². The number of benzene rings is 3. The van der Waals surface area contributed by atoms with E-state index in [4.69, 9.17) is 20.9 Å². The Hall–Kier alpha value is -4.50. The number of sulfone groups is 1. The molecule has 3 aromatic rings. The van der Waals surface area contributed by atoms with Crippen LogP contribution in [-0.4, -0.2) is 69.4 Å². The molecule has 0 bridgehead atoms. The summed E-state index contributed by atoms with van der Waals surface area (Å²) in [7, 11) is -3.25. The van der Waals surface area contributed by atoms with E-state index in [0.29, 0.717) is 24.8 Å². The van der Waals surface area contributed by atoms with Crippen molar-refractivity contribution >= 4 is 46.1 Å². The molecule has 0 spiro atoms. The largest absolute Gasteiger partial charge is 0.467 e. The van der Waals surface area contributed by atoms with E-state index in [1.54, 1.807) is 49.4 Å². The topological polar surface area (TPSA) is 209 Å². The van der Waals surface area contributed by atoms with Crippen molar-refractivity contribution in [2.45, 2.75) is 80.3 Å². The van der Waals surface area contributed by atoms with E-state index >= 15 is 0 Å². The number of nitrogens with two attached hydrogens (primary N) is 2. The molecule has 0 radical (unpaired) electrons. The number of alkyl carbamates (subject to hydrolysis) is 1. The fourth-order valence-corrected chi connectivity index (χ4v) is 6.90. The van der Waals surface area contributed by atoms with Crippen molar-refractivity contribution in [1.29, 1.82) is 0 Å². The number of ether oxygens (including phenoxy) is 2. The van der Waals surface area contributed by atoms with Crippen LogP contribution in [0.4, 0.5) is 4.79 Å². The number of hydrogen-bond acceptors (Lipinski definition) is 10. The molecule has 13 nitrogen and oxygen atoms in total.